The van der Waals surface area contributed by atoms with Gasteiger partial charge in [-0.2, -0.15) is 0 Å². The molecule has 2 N–H and O–H groups in total. The zero-order chi connectivity index (χ0) is 22.3. The third kappa shape index (κ3) is 3.76. The van der Waals surface area contributed by atoms with Crippen molar-refractivity contribution in [3.05, 3.63) is 71.7 Å². The third-order valence-electron chi connectivity index (χ3n) is 5.20. The second kappa shape index (κ2) is 7.70. The molecule has 0 bridgehead atoms. The maximum Gasteiger partial charge on any atom is 0.340 e. The number of aliphatic carboxylic acids is 1. The molecule has 1 aromatic heterocycles. The molecule has 2 aromatic carbocycles. The van der Waals surface area contributed by atoms with Crippen LogP contribution in [-0.2, 0) is 20.2 Å². The summed E-state index contributed by atoms with van der Waals surface area (Å²) >= 11 is 0. The van der Waals surface area contributed by atoms with Gasteiger partial charge in [-0.25, -0.2) is 17.6 Å². The Morgan fingerprint density at radius 1 is 1.13 bits per heavy atom. The summed E-state index contributed by atoms with van der Waals surface area (Å²) < 4.78 is 39.1. The largest absolute Gasteiger partial charge is 0.479 e. The van der Waals surface area contributed by atoms with E-state index in [4.69, 9.17) is 0 Å². The van der Waals surface area contributed by atoms with E-state index in [1.54, 1.807) is 42.7 Å². The van der Waals surface area contributed by atoms with Crippen molar-refractivity contribution in [2.75, 3.05) is 6.26 Å². The number of aromatic nitrogens is 1. The Kier molecular flexibility index (Phi) is 5.58. The van der Waals surface area contributed by atoms with Crippen LogP contribution in [-0.4, -0.2) is 35.4 Å². The van der Waals surface area contributed by atoms with E-state index in [0.717, 1.165) is 6.26 Å². The molecule has 1 atom stereocenters. The van der Waals surface area contributed by atoms with E-state index in [0.29, 0.717) is 22.6 Å². The number of sulfone groups is 1. The number of carboxylic acid groups (broad SMARTS) is 1. The Hall–Kier alpha value is -2.97. The molecule has 30 heavy (non-hydrogen) atoms. The highest BCUT2D eigenvalue weighted by molar-refractivity contribution is 7.90. The van der Waals surface area contributed by atoms with Gasteiger partial charge in [0.15, 0.2) is 15.4 Å². The molecule has 158 valence electrons. The molecule has 0 saturated heterocycles. The molecule has 0 aliphatic rings. The lowest BCUT2D eigenvalue weighted by atomic mass is 9.91. The number of carbonyl (C=O) groups is 1. The average Bonchev–Trinajstić information content (AvgIpc) is 3.04. The molecular formula is C22H22FNO5S. The van der Waals surface area contributed by atoms with Gasteiger partial charge in [-0.3, -0.25) is 0 Å². The van der Waals surface area contributed by atoms with Gasteiger partial charge in [0.05, 0.1) is 10.6 Å². The molecule has 8 heteroatoms. The first-order valence-electron chi connectivity index (χ1n) is 9.24. The highest BCUT2D eigenvalue weighted by atomic mass is 32.2. The molecule has 3 aromatic rings. The van der Waals surface area contributed by atoms with Crippen molar-refractivity contribution < 1.29 is 27.8 Å². The molecule has 0 fully saturated rings. The van der Waals surface area contributed by atoms with Gasteiger partial charge in [0, 0.05) is 23.2 Å². The van der Waals surface area contributed by atoms with Gasteiger partial charge in [0.25, 0.3) is 0 Å². The number of aliphatic hydroxyl groups is 1. The second-order valence-corrected chi connectivity index (χ2v) is 9.18. The van der Waals surface area contributed by atoms with Crippen LogP contribution in [0, 0.1) is 12.7 Å². The van der Waals surface area contributed by atoms with Crippen molar-refractivity contribution in [3.63, 3.8) is 0 Å². The van der Waals surface area contributed by atoms with Crippen LogP contribution in [0.4, 0.5) is 4.39 Å². The van der Waals surface area contributed by atoms with Crippen LogP contribution in [0.5, 0.6) is 0 Å². The van der Waals surface area contributed by atoms with Crippen LogP contribution >= 0.6 is 0 Å². The zero-order valence-corrected chi connectivity index (χ0v) is 17.6. The molecule has 0 aliphatic carbocycles. The Labute approximate surface area is 174 Å². The number of rotatable bonds is 6. The summed E-state index contributed by atoms with van der Waals surface area (Å²) in [6.45, 7) is 3.21. The lowest BCUT2D eigenvalue weighted by Gasteiger charge is -2.22. The molecule has 0 radical (unpaired) electrons. The Bertz CT molecular complexity index is 1210. The van der Waals surface area contributed by atoms with Crippen LogP contribution in [0.1, 0.15) is 24.6 Å². The van der Waals surface area contributed by atoms with Crippen LogP contribution in [0.15, 0.2) is 59.5 Å². The Morgan fingerprint density at radius 2 is 1.77 bits per heavy atom. The van der Waals surface area contributed by atoms with E-state index in [2.05, 4.69) is 0 Å². The average molecular weight is 431 g/mol. The number of benzene rings is 2. The monoisotopic (exact) mass is 431 g/mol. The number of hydrogen-bond acceptors (Lipinski definition) is 4. The normalized spacial score (nSPS) is 13.8. The van der Waals surface area contributed by atoms with Gasteiger partial charge in [-0.1, -0.05) is 25.1 Å². The molecule has 1 unspecified atom stereocenters. The van der Waals surface area contributed by atoms with E-state index in [1.807, 2.05) is 0 Å². The SMILES string of the molecule is CCC(O)(C(=O)O)c1cc(-c2ccc(S(C)(=O)=O)cc2)n(-c2cccc(F)c2)c1C. The number of nitrogens with zero attached hydrogens (tertiary/aromatic N) is 1. The van der Waals surface area contributed by atoms with E-state index < -0.39 is 27.2 Å². The Balaban J connectivity index is 2.31. The molecule has 1 heterocycles. The fraction of sp³-hybridized carbons (Fsp3) is 0.227. The molecule has 6 nitrogen and oxygen atoms in total. The summed E-state index contributed by atoms with van der Waals surface area (Å²) in [6, 6.07) is 13.4. The third-order valence-corrected chi connectivity index (χ3v) is 6.33. The number of hydrogen-bond donors (Lipinski definition) is 2. The van der Waals surface area contributed by atoms with Crippen molar-refractivity contribution in [2.24, 2.45) is 0 Å². The summed E-state index contributed by atoms with van der Waals surface area (Å²) in [4.78, 5) is 12.0. The first-order valence-corrected chi connectivity index (χ1v) is 11.1. The molecular weight excluding hydrogens is 409 g/mol. The standard InChI is InChI=1S/C22H22FNO5S/c1-4-22(27,21(25)26)19-13-20(15-8-10-18(11-9-15)30(3,28)29)24(14(19)2)17-7-5-6-16(23)12-17/h5-13,27H,4H2,1-3H3,(H,25,26). The predicted molar refractivity (Wildman–Crippen MR) is 111 cm³/mol. The Morgan fingerprint density at radius 3 is 2.27 bits per heavy atom. The first-order chi connectivity index (χ1) is 14.0. The maximum atomic E-state index is 13.9. The van der Waals surface area contributed by atoms with E-state index in [1.165, 1.54) is 30.3 Å². The quantitative estimate of drug-likeness (QED) is 0.621. The minimum absolute atomic E-state index is 0.0667. The summed E-state index contributed by atoms with van der Waals surface area (Å²) in [5, 5.41) is 20.5. The van der Waals surface area contributed by atoms with Gasteiger partial charge in [-0.05, 0) is 55.3 Å². The summed E-state index contributed by atoms with van der Waals surface area (Å²) in [7, 11) is -3.39. The predicted octanol–water partition coefficient (Wildman–Crippen LogP) is 3.68. The maximum absolute atomic E-state index is 13.9. The summed E-state index contributed by atoms with van der Waals surface area (Å²) in [6.07, 6.45) is 1.04. The van der Waals surface area contributed by atoms with E-state index in [-0.39, 0.29) is 16.9 Å². The van der Waals surface area contributed by atoms with Gasteiger partial charge in [0.2, 0.25) is 0 Å². The van der Waals surface area contributed by atoms with E-state index >= 15 is 0 Å². The van der Waals surface area contributed by atoms with Crippen LogP contribution < -0.4 is 0 Å². The number of halogens is 1. The second-order valence-electron chi connectivity index (χ2n) is 7.16. The van der Waals surface area contributed by atoms with Gasteiger partial charge < -0.3 is 14.8 Å². The van der Waals surface area contributed by atoms with E-state index in [9.17, 15) is 27.8 Å². The van der Waals surface area contributed by atoms with Gasteiger partial charge >= 0.3 is 5.97 Å². The van der Waals surface area contributed by atoms with Crippen molar-refractivity contribution in [1.82, 2.24) is 4.57 Å². The van der Waals surface area contributed by atoms with Crippen molar-refractivity contribution in [2.45, 2.75) is 30.8 Å². The lowest BCUT2D eigenvalue weighted by molar-refractivity contribution is -0.160. The highest BCUT2D eigenvalue weighted by Crippen LogP contribution is 2.37. The molecule has 0 amide bonds. The van der Waals surface area contributed by atoms with Crippen LogP contribution in [0.25, 0.3) is 16.9 Å². The van der Waals surface area contributed by atoms with Crippen LogP contribution in [0.2, 0.25) is 0 Å². The van der Waals surface area contributed by atoms with Gasteiger partial charge in [0.1, 0.15) is 5.82 Å². The van der Waals surface area contributed by atoms with Gasteiger partial charge in [-0.15, -0.1) is 0 Å². The molecule has 0 aliphatic heterocycles. The van der Waals surface area contributed by atoms with Crippen molar-refractivity contribution in [3.8, 4) is 16.9 Å². The van der Waals surface area contributed by atoms with Crippen molar-refractivity contribution in [1.29, 1.82) is 0 Å². The van der Waals surface area contributed by atoms with Crippen LogP contribution in [0.3, 0.4) is 0 Å². The smallest absolute Gasteiger partial charge is 0.340 e. The highest BCUT2D eigenvalue weighted by Gasteiger charge is 2.39. The van der Waals surface area contributed by atoms with Crippen molar-refractivity contribution >= 4 is 15.8 Å². The molecule has 3 rings (SSSR count). The fourth-order valence-corrected chi connectivity index (χ4v) is 4.15. The summed E-state index contributed by atoms with van der Waals surface area (Å²) in [5.41, 5.74) is 0.0406. The minimum Gasteiger partial charge on any atom is -0.479 e. The topological polar surface area (TPSA) is 96.6 Å². The molecule has 0 spiro atoms. The minimum atomic E-state index is -3.39. The number of carboxylic acids is 1. The zero-order valence-electron chi connectivity index (χ0n) is 16.8. The fourth-order valence-electron chi connectivity index (χ4n) is 3.52. The molecule has 0 saturated carbocycles. The first kappa shape index (κ1) is 21.7. The lowest BCUT2D eigenvalue weighted by Crippen LogP contribution is -2.35. The summed E-state index contributed by atoms with van der Waals surface area (Å²) in [5.74, 6) is -1.85.